The van der Waals surface area contributed by atoms with E-state index in [0.717, 1.165) is 31.4 Å². The average molecular weight is 236 g/mol. The molecule has 0 aliphatic heterocycles. The normalized spacial score (nSPS) is 19.9. The largest absolute Gasteiger partial charge is 0.289 e. The molecule has 0 saturated heterocycles. The number of halogens is 2. The van der Waals surface area contributed by atoms with Gasteiger partial charge < -0.3 is 0 Å². The minimum absolute atomic E-state index is 0.184. The van der Waals surface area contributed by atoms with Crippen LogP contribution in [0.15, 0.2) is 29.8 Å². The number of carbonyl (C=O) groups excluding carboxylic acids is 1. The van der Waals surface area contributed by atoms with Gasteiger partial charge in [0.05, 0.1) is 0 Å². The molecule has 1 aliphatic rings. The molecular weight excluding hydrogens is 222 g/mol. The highest BCUT2D eigenvalue weighted by Crippen LogP contribution is 2.25. The van der Waals surface area contributed by atoms with Gasteiger partial charge in [-0.1, -0.05) is 13.0 Å². The van der Waals surface area contributed by atoms with Gasteiger partial charge in [0.15, 0.2) is 17.4 Å². The maximum Gasteiger partial charge on any atom is 0.188 e. The Labute approximate surface area is 99.1 Å². The van der Waals surface area contributed by atoms with E-state index in [0.29, 0.717) is 11.5 Å². The van der Waals surface area contributed by atoms with Crippen molar-refractivity contribution in [3.8, 4) is 0 Å². The number of hydrogen-bond donors (Lipinski definition) is 0. The lowest BCUT2D eigenvalue weighted by atomic mass is 9.87. The Morgan fingerprint density at radius 3 is 2.65 bits per heavy atom. The van der Waals surface area contributed by atoms with Crippen molar-refractivity contribution in [2.75, 3.05) is 0 Å². The highest BCUT2D eigenvalue weighted by Gasteiger charge is 2.18. The van der Waals surface area contributed by atoms with Crippen molar-refractivity contribution in [3.63, 3.8) is 0 Å². The van der Waals surface area contributed by atoms with Crippen molar-refractivity contribution in [3.05, 3.63) is 47.0 Å². The summed E-state index contributed by atoms with van der Waals surface area (Å²) in [6.45, 7) is 2.13. The second kappa shape index (κ2) is 4.78. The van der Waals surface area contributed by atoms with Crippen LogP contribution >= 0.6 is 0 Å². The Kier molecular flexibility index (Phi) is 3.36. The first kappa shape index (κ1) is 12.0. The lowest BCUT2D eigenvalue weighted by Crippen LogP contribution is -2.10. The molecular formula is C14H14F2O. The van der Waals surface area contributed by atoms with Gasteiger partial charge in [-0.25, -0.2) is 8.78 Å². The zero-order valence-electron chi connectivity index (χ0n) is 9.67. The van der Waals surface area contributed by atoms with Gasteiger partial charge in [0.2, 0.25) is 0 Å². The van der Waals surface area contributed by atoms with Crippen LogP contribution in [0.3, 0.4) is 0 Å². The van der Waals surface area contributed by atoms with E-state index >= 15 is 0 Å². The Balaban J connectivity index is 2.22. The van der Waals surface area contributed by atoms with Crippen LogP contribution in [0.1, 0.15) is 36.5 Å². The maximum absolute atomic E-state index is 13.0. The van der Waals surface area contributed by atoms with Crippen LogP contribution in [0, 0.1) is 17.6 Å². The van der Waals surface area contributed by atoms with Crippen molar-refractivity contribution in [1.29, 1.82) is 0 Å². The molecule has 1 atom stereocenters. The first-order valence-electron chi connectivity index (χ1n) is 5.76. The van der Waals surface area contributed by atoms with E-state index in [-0.39, 0.29) is 11.3 Å². The van der Waals surface area contributed by atoms with Crippen LogP contribution in [-0.2, 0) is 0 Å². The molecule has 0 N–H and O–H groups in total. The molecule has 0 bridgehead atoms. The molecule has 3 heteroatoms. The Hall–Kier alpha value is -1.51. The van der Waals surface area contributed by atoms with Gasteiger partial charge in [-0.2, -0.15) is 0 Å². The fourth-order valence-electron chi connectivity index (χ4n) is 1.99. The predicted molar refractivity (Wildman–Crippen MR) is 61.8 cm³/mol. The van der Waals surface area contributed by atoms with Crippen LogP contribution in [0.25, 0.3) is 0 Å². The van der Waals surface area contributed by atoms with Gasteiger partial charge in [-0.05, 0) is 49.0 Å². The zero-order valence-corrected chi connectivity index (χ0v) is 9.67. The molecule has 0 spiro atoms. The summed E-state index contributed by atoms with van der Waals surface area (Å²) >= 11 is 0. The van der Waals surface area contributed by atoms with E-state index < -0.39 is 11.6 Å². The average Bonchev–Trinajstić information content (AvgIpc) is 2.33. The van der Waals surface area contributed by atoms with Gasteiger partial charge >= 0.3 is 0 Å². The molecule has 0 saturated carbocycles. The van der Waals surface area contributed by atoms with E-state index in [1.165, 1.54) is 6.07 Å². The van der Waals surface area contributed by atoms with Crippen molar-refractivity contribution in [2.45, 2.75) is 26.2 Å². The van der Waals surface area contributed by atoms with E-state index in [1.807, 2.05) is 6.08 Å². The lowest BCUT2D eigenvalue weighted by molar-refractivity contribution is 0.102. The van der Waals surface area contributed by atoms with E-state index in [1.54, 1.807) is 0 Å². The van der Waals surface area contributed by atoms with Crippen molar-refractivity contribution >= 4 is 5.78 Å². The highest BCUT2D eigenvalue weighted by atomic mass is 19.2. The summed E-state index contributed by atoms with van der Waals surface area (Å²) in [6, 6.07) is 3.30. The number of hydrogen-bond acceptors (Lipinski definition) is 1. The highest BCUT2D eigenvalue weighted by molar-refractivity contribution is 6.08. The Bertz CT molecular complexity index is 477. The van der Waals surface area contributed by atoms with E-state index in [4.69, 9.17) is 0 Å². The molecule has 17 heavy (non-hydrogen) atoms. The van der Waals surface area contributed by atoms with Gasteiger partial charge in [-0.3, -0.25) is 4.79 Å². The van der Waals surface area contributed by atoms with Crippen LogP contribution in [0.4, 0.5) is 8.78 Å². The van der Waals surface area contributed by atoms with Gasteiger partial charge in [0.1, 0.15) is 0 Å². The summed E-state index contributed by atoms with van der Waals surface area (Å²) < 4.78 is 25.8. The van der Waals surface area contributed by atoms with Crippen LogP contribution < -0.4 is 0 Å². The molecule has 1 nitrogen and oxygen atoms in total. The second-order valence-corrected chi connectivity index (χ2v) is 4.57. The summed E-state index contributed by atoms with van der Waals surface area (Å²) in [4.78, 5) is 12.0. The number of ketones is 1. The minimum atomic E-state index is -0.972. The third-order valence-electron chi connectivity index (χ3n) is 3.15. The quantitative estimate of drug-likeness (QED) is 0.712. The van der Waals surface area contributed by atoms with Crippen molar-refractivity contribution in [2.24, 2.45) is 5.92 Å². The SMILES string of the molecule is CC1CC=C(C(=O)c2ccc(F)c(F)c2)CC1. The molecule has 1 aromatic rings. The summed E-state index contributed by atoms with van der Waals surface area (Å²) in [5.74, 6) is -1.49. The topological polar surface area (TPSA) is 17.1 Å². The lowest BCUT2D eigenvalue weighted by Gasteiger charge is -2.17. The number of allylic oxidation sites excluding steroid dienone is 2. The Morgan fingerprint density at radius 2 is 2.06 bits per heavy atom. The standard InChI is InChI=1S/C14H14F2O/c1-9-2-4-10(5-3-9)14(17)11-6-7-12(15)13(16)8-11/h4,6-9H,2-3,5H2,1H3. The van der Waals surface area contributed by atoms with E-state index in [9.17, 15) is 13.6 Å². The first-order chi connectivity index (χ1) is 8.08. The fourth-order valence-corrected chi connectivity index (χ4v) is 1.99. The fraction of sp³-hybridized carbons (Fsp3) is 0.357. The summed E-state index contributed by atoms with van der Waals surface area (Å²) in [5.41, 5.74) is 0.943. The van der Waals surface area contributed by atoms with Crippen LogP contribution in [-0.4, -0.2) is 5.78 Å². The van der Waals surface area contributed by atoms with Gasteiger partial charge in [-0.15, -0.1) is 0 Å². The number of rotatable bonds is 2. The van der Waals surface area contributed by atoms with Crippen molar-refractivity contribution < 1.29 is 13.6 Å². The molecule has 1 aromatic carbocycles. The predicted octanol–water partition coefficient (Wildman–Crippen LogP) is 3.89. The summed E-state index contributed by atoms with van der Waals surface area (Å²) in [6.07, 6.45) is 4.49. The zero-order chi connectivity index (χ0) is 12.4. The second-order valence-electron chi connectivity index (χ2n) is 4.57. The molecule has 0 aromatic heterocycles. The third-order valence-corrected chi connectivity index (χ3v) is 3.15. The number of carbonyl (C=O) groups is 1. The monoisotopic (exact) mass is 236 g/mol. The molecule has 90 valence electrons. The summed E-state index contributed by atoms with van der Waals surface area (Å²) in [5, 5.41) is 0. The molecule has 1 unspecified atom stereocenters. The van der Waals surface area contributed by atoms with Gasteiger partial charge in [0, 0.05) is 5.56 Å². The summed E-state index contributed by atoms with van der Waals surface area (Å²) in [7, 11) is 0. The molecule has 0 fully saturated rings. The molecule has 2 rings (SSSR count). The number of benzene rings is 1. The first-order valence-corrected chi connectivity index (χ1v) is 5.76. The number of Topliss-reactive ketones (excluding diaryl/α,β-unsaturated/α-hetero) is 1. The maximum atomic E-state index is 13.0. The van der Waals surface area contributed by atoms with Crippen LogP contribution in [0.2, 0.25) is 0 Å². The van der Waals surface area contributed by atoms with Gasteiger partial charge in [0.25, 0.3) is 0 Å². The minimum Gasteiger partial charge on any atom is -0.289 e. The third kappa shape index (κ3) is 2.60. The van der Waals surface area contributed by atoms with Crippen molar-refractivity contribution in [1.82, 2.24) is 0 Å². The van der Waals surface area contributed by atoms with E-state index in [2.05, 4.69) is 6.92 Å². The molecule has 0 amide bonds. The molecule has 1 aliphatic carbocycles. The van der Waals surface area contributed by atoms with Crippen LogP contribution in [0.5, 0.6) is 0 Å². The molecule has 0 heterocycles. The smallest absolute Gasteiger partial charge is 0.188 e. The molecule has 0 radical (unpaired) electrons. The Morgan fingerprint density at radius 1 is 1.29 bits per heavy atom.